The van der Waals surface area contributed by atoms with Crippen molar-refractivity contribution in [2.45, 2.75) is 13.8 Å². The van der Waals surface area contributed by atoms with Crippen LogP contribution in [0.4, 0.5) is 21.0 Å². The first-order chi connectivity index (χ1) is 21.1. The number of carboxylic acid groups (broad SMARTS) is 2. The van der Waals surface area contributed by atoms with Crippen LogP contribution in [0, 0.1) is 0 Å². The van der Waals surface area contributed by atoms with Crippen molar-refractivity contribution in [3.05, 3.63) is 117 Å². The molecular weight excluding hydrogens is 564 g/mol. The first-order valence-corrected chi connectivity index (χ1v) is 13.8. The Kier molecular flexibility index (Phi) is 6.69. The maximum absolute atomic E-state index is 14.2. The van der Waals surface area contributed by atoms with E-state index in [1.54, 1.807) is 24.3 Å². The van der Waals surface area contributed by atoms with Gasteiger partial charge in [0, 0.05) is 68.7 Å². The van der Waals surface area contributed by atoms with E-state index in [0.717, 1.165) is 9.80 Å². The second-order valence-corrected chi connectivity index (χ2v) is 10.2. The standard InChI is InChI=1S/C34H24N2O8/c1-3-35(33(41)42)23-15-13-21-25(31(39)19-11-7-5-9-17(19)29(21)37)27(23)28-24(36(4-2)34(43)44)16-14-22-26(28)32(40)20-12-8-6-10-18(20)30(22)38/h5-16H,3-4H2,1-2H3,(H,41,42)(H,43,44)/p-2. The van der Waals surface area contributed by atoms with Crippen LogP contribution in [0.2, 0.25) is 0 Å². The SMILES string of the molecule is CCN(C(=O)[O-])c1ccc2c(c1-c1c(N(CC)C(=O)[O-])ccc3c1C(=O)c1ccccc1C3=O)C(=O)c1ccccc1C2=O. The van der Waals surface area contributed by atoms with Crippen LogP contribution in [-0.4, -0.2) is 48.4 Å². The summed E-state index contributed by atoms with van der Waals surface area (Å²) in [4.78, 5) is 82.4. The van der Waals surface area contributed by atoms with Gasteiger partial charge in [-0.05, 0) is 38.1 Å². The normalized spacial score (nSPS) is 13.0. The number of nitrogens with zero attached hydrogens (tertiary/aromatic N) is 2. The lowest BCUT2D eigenvalue weighted by Gasteiger charge is -2.34. The van der Waals surface area contributed by atoms with Gasteiger partial charge >= 0.3 is 0 Å². The Labute approximate surface area is 250 Å². The smallest absolute Gasteiger partial charge is 0.195 e. The second kappa shape index (κ2) is 10.4. The zero-order valence-electron chi connectivity index (χ0n) is 23.5. The molecule has 0 N–H and O–H groups in total. The van der Waals surface area contributed by atoms with Crippen molar-refractivity contribution in [2.75, 3.05) is 22.9 Å². The predicted molar refractivity (Wildman–Crippen MR) is 155 cm³/mol. The Morgan fingerprint density at radius 2 is 0.795 bits per heavy atom. The molecule has 0 aliphatic heterocycles. The molecule has 4 aromatic carbocycles. The highest BCUT2D eigenvalue weighted by Gasteiger charge is 2.39. The molecule has 0 fully saturated rings. The van der Waals surface area contributed by atoms with Gasteiger partial charge in [0.15, 0.2) is 23.1 Å². The average Bonchev–Trinajstić information content (AvgIpc) is 3.02. The van der Waals surface area contributed by atoms with Crippen molar-refractivity contribution in [2.24, 2.45) is 0 Å². The zero-order valence-corrected chi connectivity index (χ0v) is 23.5. The predicted octanol–water partition coefficient (Wildman–Crippen LogP) is 3.24. The molecule has 0 bridgehead atoms. The average molecular weight is 587 g/mol. The van der Waals surface area contributed by atoms with Gasteiger partial charge in [-0.1, -0.05) is 48.5 Å². The third kappa shape index (κ3) is 3.95. The highest BCUT2D eigenvalue weighted by atomic mass is 16.4. The number of amides is 2. The number of fused-ring (bicyclic) bond motifs is 4. The summed E-state index contributed by atoms with van der Waals surface area (Å²) in [6, 6.07) is 17.5. The Morgan fingerprint density at radius 3 is 1.09 bits per heavy atom. The van der Waals surface area contributed by atoms with Crippen LogP contribution >= 0.6 is 0 Å². The molecule has 0 spiro atoms. The molecule has 10 heteroatoms. The molecule has 0 saturated heterocycles. The van der Waals surface area contributed by atoms with Gasteiger partial charge in [0.2, 0.25) is 0 Å². The van der Waals surface area contributed by atoms with Crippen molar-refractivity contribution in [1.29, 1.82) is 0 Å². The first-order valence-electron chi connectivity index (χ1n) is 13.8. The highest BCUT2D eigenvalue weighted by Crippen LogP contribution is 2.48. The van der Waals surface area contributed by atoms with Crippen LogP contribution in [0.25, 0.3) is 11.1 Å². The fourth-order valence-corrected chi connectivity index (χ4v) is 6.10. The molecule has 0 heterocycles. The first kappa shape index (κ1) is 28.2. The summed E-state index contributed by atoms with van der Waals surface area (Å²) in [6.45, 7) is 2.72. The Morgan fingerprint density at radius 1 is 0.477 bits per heavy atom. The van der Waals surface area contributed by atoms with E-state index in [1.165, 1.54) is 62.4 Å². The number of carbonyl (C=O) groups excluding carboxylic acids is 6. The summed E-state index contributed by atoms with van der Waals surface area (Å²) in [5.41, 5.74) is -0.867. The Balaban J connectivity index is 1.83. The van der Waals surface area contributed by atoms with Crippen LogP contribution in [0.1, 0.15) is 77.5 Å². The van der Waals surface area contributed by atoms with E-state index < -0.39 is 35.3 Å². The van der Waals surface area contributed by atoms with Gasteiger partial charge < -0.3 is 29.6 Å². The minimum atomic E-state index is -1.64. The molecular formula is C34H22N2O8-2. The number of anilines is 2. The van der Waals surface area contributed by atoms with E-state index in [2.05, 4.69) is 0 Å². The lowest BCUT2D eigenvalue weighted by atomic mass is 9.75. The maximum atomic E-state index is 14.2. The summed E-state index contributed by atoms with van der Waals surface area (Å²) in [5, 5.41) is 24.8. The van der Waals surface area contributed by atoms with E-state index in [9.17, 15) is 39.0 Å². The third-order valence-corrected chi connectivity index (χ3v) is 8.05. The highest BCUT2D eigenvalue weighted by molar-refractivity contribution is 6.35. The van der Waals surface area contributed by atoms with Crippen LogP contribution in [-0.2, 0) is 0 Å². The number of hydrogen-bond acceptors (Lipinski definition) is 8. The van der Waals surface area contributed by atoms with E-state index in [0.29, 0.717) is 0 Å². The largest absolute Gasteiger partial charge is 0.530 e. The second-order valence-electron chi connectivity index (χ2n) is 10.2. The molecule has 0 unspecified atom stereocenters. The Hall–Kier alpha value is -5.90. The topological polar surface area (TPSA) is 155 Å². The number of hydrogen-bond donors (Lipinski definition) is 0. The number of ketones is 4. The molecule has 44 heavy (non-hydrogen) atoms. The summed E-state index contributed by atoms with van der Waals surface area (Å²) in [6.07, 6.45) is -3.29. The van der Waals surface area contributed by atoms with Crippen molar-refractivity contribution < 1.29 is 39.0 Å². The van der Waals surface area contributed by atoms with Gasteiger partial charge in [0.05, 0.1) is 11.4 Å². The molecule has 0 radical (unpaired) electrons. The molecule has 2 amide bonds. The van der Waals surface area contributed by atoms with Gasteiger partial charge in [0.1, 0.15) is 12.2 Å². The summed E-state index contributed by atoms with van der Waals surface area (Å²) < 4.78 is 0. The lowest BCUT2D eigenvalue weighted by molar-refractivity contribution is -0.247. The molecule has 6 rings (SSSR count). The van der Waals surface area contributed by atoms with Gasteiger partial charge in [0.25, 0.3) is 0 Å². The van der Waals surface area contributed by atoms with Crippen molar-refractivity contribution in [3.8, 4) is 11.1 Å². The molecule has 10 nitrogen and oxygen atoms in total. The molecule has 0 aromatic heterocycles. The monoisotopic (exact) mass is 586 g/mol. The van der Waals surface area contributed by atoms with Crippen molar-refractivity contribution in [1.82, 2.24) is 0 Å². The van der Waals surface area contributed by atoms with E-state index >= 15 is 0 Å². The zero-order chi connectivity index (χ0) is 31.4. The molecule has 2 aliphatic rings. The van der Waals surface area contributed by atoms with Gasteiger partial charge in [-0.2, -0.15) is 0 Å². The van der Waals surface area contributed by atoms with Crippen molar-refractivity contribution >= 4 is 46.7 Å². The number of benzene rings is 4. The van der Waals surface area contributed by atoms with Crippen LogP contribution in [0.15, 0.2) is 72.8 Å². The maximum Gasteiger partial charge on any atom is 0.195 e. The minimum absolute atomic E-state index is 0.0474. The van der Waals surface area contributed by atoms with Crippen molar-refractivity contribution in [3.63, 3.8) is 0 Å². The van der Waals surface area contributed by atoms with E-state index in [1.807, 2.05) is 0 Å². The van der Waals surface area contributed by atoms with Crippen LogP contribution in [0.3, 0.4) is 0 Å². The lowest BCUT2D eigenvalue weighted by Crippen LogP contribution is -2.43. The number of carbonyl (C=O) groups is 6. The molecule has 0 saturated carbocycles. The molecule has 218 valence electrons. The van der Waals surface area contributed by atoms with Gasteiger partial charge in [-0.15, -0.1) is 0 Å². The third-order valence-electron chi connectivity index (χ3n) is 8.05. The van der Waals surface area contributed by atoms with E-state index in [-0.39, 0.29) is 80.1 Å². The fourth-order valence-electron chi connectivity index (χ4n) is 6.10. The summed E-state index contributed by atoms with van der Waals surface area (Å²) in [7, 11) is 0. The molecule has 4 aromatic rings. The minimum Gasteiger partial charge on any atom is -0.530 e. The fraction of sp³-hybridized carbons (Fsp3) is 0.118. The van der Waals surface area contributed by atoms with Gasteiger partial charge in [-0.3, -0.25) is 19.2 Å². The molecule has 0 atom stereocenters. The van der Waals surface area contributed by atoms with Crippen LogP contribution < -0.4 is 20.0 Å². The summed E-state index contributed by atoms with van der Waals surface area (Å²) >= 11 is 0. The Bertz CT molecular complexity index is 1850. The summed E-state index contributed by atoms with van der Waals surface area (Å²) in [5.74, 6) is -2.33. The molecule has 2 aliphatic carbocycles. The van der Waals surface area contributed by atoms with Crippen LogP contribution in [0.5, 0.6) is 0 Å². The number of rotatable bonds is 5. The van der Waals surface area contributed by atoms with E-state index in [4.69, 9.17) is 0 Å². The van der Waals surface area contributed by atoms with Gasteiger partial charge in [-0.25, -0.2) is 0 Å². The quantitative estimate of drug-likeness (QED) is 0.298.